The number of nitrogens with one attached hydrogen (secondary N) is 1. The fourth-order valence-corrected chi connectivity index (χ4v) is 6.65. The molecular weight excluding hydrogens is 427 g/mol. The Balaban J connectivity index is 1.62. The van der Waals surface area contributed by atoms with Crippen LogP contribution in [-0.2, 0) is 10.0 Å². The number of carbonyl (C=O) groups excluding carboxylic acids is 1. The Bertz CT molecular complexity index is 1070. The Morgan fingerprint density at radius 2 is 1.97 bits per heavy atom. The molecule has 30 heavy (non-hydrogen) atoms. The van der Waals surface area contributed by atoms with Crippen LogP contribution in [0.5, 0.6) is 5.75 Å². The number of nitrogens with zero attached hydrogens (tertiary/aromatic N) is 1. The van der Waals surface area contributed by atoms with E-state index in [2.05, 4.69) is 5.32 Å². The number of hydrogen-bond donors (Lipinski definition) is 1. The molecule has 0 saturated carbocycles. The molecule has 0 aliphatic carbocycles. The second kappa shape index (κ2) is 8.56. The molecule has 160 valence electrons. The number of benzene rings is 2. The maximum atomic E-state index is 13.7. The van der Waals surface area contributed by atoms with Crippen LogP contribution in [0.1, 0.15) is 41.2 Å². The average molecular weight is 451 g/mol. The van der Waals surface area contributed by atoms with Crippen molar-refractivity contribution in [3.63, 3.8) is 0 Å². The van der Waals surface area contributed by atoms with E-state index in [1.807, 2.05) is 0 Å². The molecule has 9 heteroatoms. The second-order valence-corrected chi connectivity index (χ2v) is 10.4. The molecule has 4 rings (SSSR count). The molecule has 1 fully saturated rings. The highest BCUT2D eigenvalue weighted by Gasteiger charge is 2.31. The number of ether oxygens (including phenoxy) is 1. The van der Waals surface area contributed by atoms with Gasteiger partial charge in [0.1, 0.15) is 16.5 Å². The van der Waals surface area contributed by atoms with Gasteiger partial charge in [0.15, 0.2) is 0 Å². The van der Waals surface area contributed by atoms with E-state index in [1.54, 1.807) is 23.9 Å². The molecule has 2 aliphatic rings. The van der Waals surface area contributed by atoms with Gasteiger partial charge in [-0.05, 0) is 61.2 Å². The van der Waals surface area contributed by atoms with E-state index in [4.69, 9.17) is 4.74 Å². The number of thioether (sulfide) groups is 1. The summed E-state index contributed by atoms with van der Waals surface area (Å²) in [7, 11) is -2.34. The first-order valence-corrected chi connectivity index (χ1v) is 12.2. The third-order valence-electron chi connectivity index (χ3n) is 5.43. The number of carbonyl (C=O) groups is 1. The van der Waals surface area contributed by atoms with Crippen molar-refractivity contribution in [1.29, 1.82) is 0 Å². The van der Waals surface area contributed by atoms with Crippen molar-refractivity contribution < 1.29 is 22.3 Å². The Labute approximate surface area is 179 Å². The molecule has 0 aromatic heterocycles. The molecule has 0 bridgehead atoms. The van der Waals surface area contributed by atoms with Crippen LogP contribution in [0.4, 0.5) is 4.39 Å². The summed E-state index contributed by atoms with van der Waals surface area (Å²) in [6.07, 6.45) is 2.30. The van der Waals surface area contributed by atoms with Gasteiger partial charge < -0.3 is 10.1 Å². The van der Waals surface area contributed by atoms with Gasteiger partial charge in [-0.2, -0.15) is 4.31 Å². The van der Waals surface area contributed by atoms with Gasteiger partial charge in [0.05, 0.1) is 13.2 Å². The summed E-state index contributed by atoms with van der Waals surface area (Å²) in [5.74, 6) is 0.266. The second-order valence-electron chi connectivity index (χ2n) is 7.32. The minimum absolute atomic E-state index is 0.00908. The van der Waals surface area contributed by atoms with Crippen molar-refractivity contribution in [2.75, 3.05) is 26.0 Å². The number of amides is 1. The van der Waals surface area contributed by atoms with Crippen LogP contribution >= 0.6 is 11.8 Å². The molecule has 2 heterocycles. The van der Waals surface area contributed by atoms with E-state index in [-0.39, 0.29) is 28.1 Å². The van der Waals surface area contributed by atoms with Gasteiger partial charge in [0.2, 0.25) is 10.0 Å². The molecule has 6 nitrogen and oxygen atoms in total. The summed E-state index contributed by atoms with van der Waals surface area (Å²) in [4.78, 5) is 13.9. The topological polar surface area (TPSA) is 75.7 Å². The van der Waals surface area contributed by atoms with Crippen LogP contribution in [0.25, 0.3) is 0 Å². The molecule has 1 unspecified atom stereocenters. The lowest BCUT2D eigenvalue weighted by Gasteiger charge is -2.26. The molecule has 2 aromatic rings. The van der Waals surface area contributed by atoms with Crippen molar-refractivity contribution in [3.05, 3.63) is 53.3 Å². The molecule has 0 spiro atoms. The normalized spacial score (nSPS) is 19.3. The molecule has 2 aliphatic heterocycles. The Kier molecular flexibility index (Phi) is 6.04. The summed E-state index contributed by atoms with van der Waals surface area (Å²) in [6, 6.07) is 8.67. The lowest BCUT2D eigenvalue weighted by atomic mass is 10.0. The van der Waals surface area contributed by atoms with Crippen LogP contribution in [0.15, 0.2) is 46.2 Å². The zero-order valence-corrected chi connectivity index (χ0v) is 18.2. The van der Waals surface area contributed by atoms with Gasteiger partial charge in [0, 0.05) is 29.3 Å². The summed E-state index contributed by atoms with van der Waals surface area (Å²) < 4.78 is 46.5. The fourth-order valence-electron chi connectivity index (χ4n) is 3.84. The lowest BCUT2D eigenvalue weighted by Crippen LogP contribution is -2.31. The summed E-state index contributed by atoms with van der Waals surface area (Å²) in [5, 5.41) is 2.94. The molecule has 0 radical (unpaired) electrons. The van der Waals surface area contributed by atoms with Crippen molar-refractivity contribution >= 4 is 27.7 Å². The molecule has 2 aromatic carbocycles. The summed E-state index contributed by atoms with van der Waals surface area (Å²) in [5.41, 5.74) is 0.975. The number of fused-ring (bicyclic) bond motifs is 1. The van der Waals surface area contributed by atoms with E-state index in [1.165, 1.54) is 35.7 Å². The van der Waals surface area contributed by atoms with Crippen molar-refractivity contribution in [1.82, 2.24) is 9.62 Å². The van der Waals surface area contributed by atoms with Crippen LogP contribution in [0.2, 0.25) is 0 Å². The standard InChI is InChI=1S/C21H23FN2O4S2/c1-28-18-6-4-14(12-20(18)30(26,27)24-9-2-3-10-24)21(25)23-17-8-11-29-19-7-5-15(22)13-16(17)19/h4-7,12-13,17H,2-3,8-11H2,1H3,(H,23,25). The number of halogens is 1. The first-order chi connectivity index (χ1) is 14.4. The van der Waals surface area contributed by atoms with E-state index in [0.29, 0.717) is 19.5 Å². The summed E-state index contributed by atoms with van der Waals surface area (Å²) in [6.45, 7) is 0.925. The Hall–Kier alpha value is -2.10. The molecular formula is C21H23FN2O4S2. The van der Waals surface area contributed by atoms with Gasteiger partial charge in [-0.15, -0.1) is 11.8 Å². The van der Waals surface area contributed by atoms with Gasteiger partial charge >= 0.3 is 0 Å². The predicted octanol–water partition coefficient (Wildman–Crippen LogP) is 3.59. The number of hydrogen-bond acceptors (Lipinski definition) is 5. The summed E-state index contributed by atoms with van der Waals surface area (Å²) >= 11 is 1.63. The van der Waals surface area contributed by atoms with E-state index < -0.39 is 15.9 Å². The van der Waals surface area contributed by atoms with E-state index in [0.717, 1.165) is 29.1 Å². The lowest BCUT2D eigenvalue weighted by molar-refractivity contribution is 0.0934. The van der Waals surface area contributed by atoms with Crippen molar-refractivity contribution in [3.8, 4) is 5.75 Å². The maximum Gasteiger partial charge on any atom is 0.251 e. The first kappa shape index (κ1) is 21.1. The predicted molar refractivity (Wildman–Crippen MR) is 113 cm³/mol. The number of rotatable bonds is 5. The number of methoxy groups -OCH3 is 1. The first-order valence-electron chi connectivity index (χ1n) is 9.81. The smallest absolute Gasteiger partial charge is 0.251 e. The maximum absolute atomic E-state index is 13.7. The highest BCUT2D eigenvalue weighted by molar-refractivity contribution is 7.99. The van der Waals surface area contributed by atoms with Crippen LogP contribution in [0, 0.1) is 5.82 Å². The van der Waals surface area contributed by atoms with Crippen molar-refractivity contribution in [2.45, 2.75) is 35.1 Å². The SMILES string of the molecule is COc1ccc(C(=O)NC2CCSc3ccc(F)cc32)cc1S(=O)(=O)N1CCCC1. The monoisotopic (exact) mass is 450 g/mol. The number of sulfonamides is 1. The third kappa shape index (κ3) is 4.06. The van der Waals surface area contributed by atoms with Gasteiger partial charge in [-0.25, -0.2) is 12.8 Å². The van der Waals surface area contributed by atoms with Crippen LogP contribution in [0.3, 0.4) is 0 Å². The minimum atomic E-state index is -3.75. The molecule has 1 saturated heterocycles. The van der Waals surface area contributed by atoms with Gasteiger partial charge in [-0.3, -0.25) is 4.79 Å². The highest BCUT2D eigenvalue weighted by atomic mass is 32.2. The quantitative estimate of drug-likeness (QED) is 0.754. The highest BCUT2D eigenvalue weighted by Crippen LogP contribution is 2.37. The fraction of sp³-hybridized carbons (Fsp3) is 0.381. The van der Waals surface area contributed by atoms with E-state index >= 15 is 0 Å². The molecule has 1 atom stereocenters. The Morgan fingerprint density at radius 1 is 1.20 bits per heavy atom. The van der Waals surface area contributed by atoms with Gasteiger partial charge in [-0.1, -0.05) is 0 Å². The van der Waals surface area contributed by atoms with Gasteiger partial charge in [0.25, 0.3) is 5.91 Å². The van der Waals surface area contributed by atoms with Crippen LogP contribution < -0.4 is 10.1 Å². The zero-order chi connectivity index (χ0) is 21.3. The van der Waals surface area contributed by atoms with E-state index in [9.17, 15) is 17.6 Å². The third-order valence-corrected chi connectivity index (χ3v) is 8.47. The largest absolute Gasteiger partial charge is 0.495 e. The Morgan fingerprint density at radius 3 is 2.70 bits per heavy atom. The zero-order valence-electron chi connectivity index (χ0n) is 16.6. The average Bonchev–Trinajstić information content (AvgIpc) is 3.29. The molecule has 1 amide bonds. The minimum Gasteiger partial charge on any atom is -0.495 e. The van der Waals surface area contributed by atoms with Crippen molar-refractivity contribution in [2.24, 2.45) is 0 Å². The van der Waals surface area contributed by atoms with Crippen LogP contribution in [-0.4, -0.2) is 44.6 Å². The molecule has 1 N–H and O–H groups in total.